The van der Waals surface area contributed by atoms with Gasteiger partial charge in [-0.3, -0.25) is 14.4 Å². The van der Waals surface area contributed by atoms with E-state index in [9.17, 15) is 14.4 Å². The number of ketones is 1. The summed E-state index contributed by atoms with van der Waals surface area (Å²) in [6.07, 6.45) is 3.61. The van der Waals surface area contributed by atoms with Crippen LogP contribution in [0.5, 0.6) is 0 Å². The first-order chi connectivity index (χ1) is 11.3. The molecule has 0 saturated carbocycles. The standard InChI is InChI=1S/C18H20N2O4/c1-18(2,9-7-15(21)22)20-17(24)13-5-3-12(4-6-13)16(23)14-8-10-19-11-14/h3-6,8,10-11,19H,7,9H2,1-2H3,(H,20,24)(H,21,22). The fraction of sp³-hybridized carbons (Fsp3) is 0.278. The molecule has 0 unspecified atom stereocenters. The van der Waals surface area contributed by atoms with Gasteiger partial charge < -0.3 is 15.4 Å². The largest absolute Gasteiger partial charge is 0.481 e. The van der Waals surface area contributed by atoms with Crippen LogP contribution in [0.2, 0.25) is 0 Å². The van der Waals surface area contributed by atoms with Crippen LogP contribution in [-0.2, 0) is 4.79 Å². The molecule has 1 aromatic carbocycles. The lowest BCUT2D eigenvalue weighted by Crippen LogP contribution is -2.43. The summed E-state index contributed by atoms with van der Waals surface area (Å²) < 4.78 is 0. The molecule has 24 heavy (non-hydrogen) atoms. The van der Waals surface area contributed by atoms with E-state index in [4.69, 9.17) is 5.11 Å². The van der Waals surface area contributed by atoms with E-state index < -0.39 is 11.5 Å². The number of aliphatic carboxylic acids is 1. The van der Waals surface area contributed by atoms with Gasteiger partial charge in [-0.05, 0) is 38.5 Å². The van der Waals surface area contributed by atoms with E-state index in [0.717, 1.165) is 0 Å². The third-order valence-corrected chi connectivity index (χ3v) is 3.69. The molecule has 0 atom stereocenters. The van der Waals surface area contributed by atoms with Crippen molar-refractivity contribution in [3.8, 4) is 0 Å². The van der Waals surface area contributed by atoms with Crippen molar-refractivity contribution in [2.75, 3.05) is 0 Å². The predicted molar refractivity (Wildman–Crippen MR) is 89.1 cm³/mol. The van der Waals surface area contributed by atoms with E-state index in [-0.39, 0.29) is 18.1 Å². The van der Waals surface area contributed by atoms with Crippen LogP contribution in [0.15, 0.2) is 42.7 Å². The summed E-state index contributed by atoms with van der Waals surface area (Å²) in [5, 5.41) is 11.6. The minimum absolute atomic E-state index is 0.0165. The Kier molecular flexibility index (Phi) is 5.18. The van der Waals surface area contributed by atoms with Gasteiger partial charge in [0.2, 0.25) is 0 Å². The van der Waals surface area contributed by atoms with Gasteiger partial charge in [0.05, 0.1) is 0 Å². The molecular weight excluding hydrogens is 308 g/mol. The lowest BCUT2D eigenvalue weighted by Gasteiger charge is -2.25. The molecule has 0 aliphatic heterocycles. The Labute approximate surface area is 139 Å². The predicted octanol–water partition coefficient (Wildman–Crippen LogP) is 2.62. The number of carboxylic acids is 1. The summed E-state index contributed by atoms with van der Waals surface area (Å²) in [6, 6.07) is 8.07. The molecule has 0 fully saturated rings. The van der Waals surface area contributed by atoms with Gasteiger partial charge in [-0.15, -0.1) is 0 Å². The molecule has 0 aliphatic carbocycles. The molecule has 2 rings (SSSR count). The van der Waals surface area contributed by atoms with E-state index in [2.05, 4.69) is 10.3 Å². The second-order valence-corrected chi connectivity index (χ2v) is 6.24. The zero-order chi connectivity index (χ0) is 17.7. The summed E-state index contributed by atoms with van der Waals surface area (Å²) in [6.45, 7) is 3.55. The van der Waals surface area contributed by atoms with Crippen molar-refractivity contribution >= 4 is 17.7 Å². The number of carbonyl (C=O) groups is 3. The number of rotatable bonds is 7. The highest BCUT2D eigenvalue weighted by atomic mass is 16.4. The van der Waals surface area contributed by atoms with Crippen molar-refractivity contribution < 1.29 is 19.5 Å². The number of carbonyl (C=O) groups excluding carboxylic acids is 2. The Morgan fingerprint density at radius 3 is 2.21 bits per heavy atom. The molecule has 6 nitrogen and oxygen atoms in total. The van der Waals surface area contributed by atoms with Gasteiger partial charge in [0, 0.05) is 41.0 Å². The van der Waals surface area contributed by atoms with Crippen molar-refractivity contribution in [2.24, 2.45) is 0 Å². The fourth-order valence-electron chi connectivity index (χ4n) is 2.27. The third kappa shape index (κ3) is 4.55. The van der Waals surface area contributed by atoms with Gasteiger partial charge in [0.1, 0.15) is 0 Å². The fourth-order valence-corrected chi connectivity index (χ4v) is 2.27. The molecule has 1 aromatic heterocycles. The maximum Gasteiger partial charge on any atom is 0.303 e. The van der Waals surface area contributed by atoms with Crippen LogP contribution in [0.1, 0.15) is 53.0 Å². The van der Waals surface area contributed by atoms with E-state index in [1.807, 2.05) is 0 Å². The zero-order valence-electron chi connectivity index (χ0n) is 13.6. The van der Waals surface area contributed by atoms with Crippen LogP contribution in [0.4, 0.5) is 0 Å². The molecular formula is C18H20N2O4. The highest BCUT2D eigenvalue weighted by Crippen LogP contribution is 2.14. The summed E-state index contributed by atoms with van der Waals surface area (Å²) in [5.74, 6) is -1.32. The topological polar surface area (TPSA) is 99.3 Å². The van der Waals surface area contributed by atoms with Crippen molar-refractivity contribution in [1.29, 1.82) is 0 Å². The lowest BCUT2D eigenvalue weighted by atomic mass is 9.97. The van der Waals surface area contributed by atoms with Crippen molar-refractivity contribution in [1.82, 2.24) is 10.3 Å². The molecule has 126 valence electrons. The molecule has 0 radical (unpaired) electrons. The number of aromatic nitrogens is 1. The molecule has 0 spiro atoms. The van der Waals surface area contributed by atoms with Crippen LogP contribution < -0.4 is 5.32 Å². The van der Waals surface area contributed by atoms with Crippen LogP contribution in [-0.4, -0.2) is 33.3 Å². The van der Waals surface area contributed by atoms with Gasteiger partial charge in [-0.2, -0.15) is 0 Å². The Bertz CT molecular complexity index is 731. The zero-order valence-corrected chi connectivity index (χ0v) is 13.6. The second kappa shape index (κ2) is 7.12. The minimum atomic E-state index is -0.898. The summed E-state index contributed by atoms with van der Waals surface area (Å²) in [7, 11) is 0. The maximum absolute atomic E-state index is 12.3. The van der Waals surface area contributed by atoms with Gasteiger partial charge in [-0.1, -0.05) is 12.1 Å². The number of hydrogen-bond acceptors (Lipinski definition) is 3. The normalized spacial score (nSPS) is 11.1. The Morgan fingerprint density at radius 1 is 1.04 bits per heavy atom. The van der Waals surface area contributed by atoms with Crippen LogP contribution >= 0.6 is 0 Å². The molecule has 0 saturated heterocycles. The molecule has 3 N–H and O–H groups in total. The first kappa shape index (κ1) is 17.5. The van der Waals surface area contributed by atoms with Crippen molar-refractivity contribution in [3.05, 3.63) is 59.4 Å². The number of aromatic amines is 1. The average molecular weight is 328 g/mol. The molecule has 0 bridgehead atoms. The van der Waals surface area contributed by atoms with Gasteiger partial charge in [0.15, 0.2) is 5.78 Å². The molecule has 0 aliphatic rings. The van der Waals surface area contributed by atoms with E-state index in [0.29, 0.717) is 23.1 Å². The monoisotopic (exact) mass is 328 g/mol. The third-order valence-electron chi connectivity index (χ3n) is 3.69. The molecule has 1 heterocycles. The first-order valence-corrected chi connectivity index (χ1v) is 7.60. The number of benzene rings is 1. The average Bonchev–Trinajstić information content (AvgIpc) is 3.06. The highest BCUT2D eigenvalue weighted by molar-refractivity contribution is 6.09. The van der Waals surface area contributed by atoms with Crippen LogP contribution in [0, 0.1) is 0 Å². The summed E-state index contributed by atoms with van der Waals surface area (Å²) in [4.78, 5) is 37.9. The summed E-state index contributed by atoms with van der Waals surface area (Å²) in [5.41, 5.74) is 0.844. The molecule has 2 aromatic rings. The SMILES string of the molecule is CC(C)(CCC(=O)O)NC(=O)c1ccc(C(=O)c2cc[nH]c2)cc1. The maximum atomic E-state index is 12.3. The Morgan fingerprint density at radius 2 is 1.67 bits per heavy atom. The first-order valence-electron chi connectivity index (χ1n) is 7.60. The van der Waals surface area contributed by atoms with Crippen molar-refractivity contribution in [3.63, 3.8) is 0 Å². The van der Waals surface area contributed by atoms with Crippen LogP contribution in [0.25, 0.3) is 0 Å². The smallest absolute Gasteiger partial charge is 0.303 e. The quantitative estimate of drug-likeness (QED) is 0.680. The Hall–Kier alpha value is -2.89. The second-order valence-electron chi connectivity index (χ2n) is 6.24. The van der Waals surface area contributed by atoms with Gasteiger partial charge in [-0.25, -0.2) is 0 Å². The number of nitrogens with one attached hydrogen (secondary N) is 2. The minimum Gasteiger partial charge on any atom is -0.481 e. The number of carboxylic acid groups (broad SMARTS) is 1. The highest BCUT2D eigenvalue weighted by Gasteiger charge is 2.22. The molecule has 1 amide bonds. The number of H-pyrrole nitrogens is 1. The number of hydrogen-bond donors (Lipinski definition) is 3. The number of amides is 1. The lowest BCUT2D eigenvalue weighted by molar-refractivity contribution is -0.137. The van der Waals surface area contributed by atoms with E-state index >= 15 is 0 Å². The summed E-state index contributed by atoms with van der Waals surface area (Å²) >= 11 is 0. The van der Waals surface area contributed by atoms with Crippen LogP contribution in [0.3, 0.4) is 0 Å². The van der Waals surface area contributed by atoms with E-state index in [1.54, 1.807) is 56.6 Å². The Balaban J connectivity index is 2.03. The van der Waals surface area contributed by atoms with Crippen molar-refractivity contribution in [2.45, 2.75) is 32.2 Å². The van der Waals surface area contributed by atoms with E-state index in [1.165, 1.54) is 0 Å². The van der Waals surface area contributed by atoms with Gasteiger partial charge >= 0.3 is 5.97 Å². The van der Waals surface area contributed by atoms with Gasteiger partial charge in [0.25, 0.3) is 5.91 Å². The molecule has 6 heteroatoms.